The van der Waals surface area contributed by atoms with Crippen LogP contribution in [0.15, 0.2) is 5.38 Å². The number of nitrogens with one attached hydrogen (secondary N) is 1. The maximum Gasteiger partial charge on any atom is 0.226 e. The van der Waals surface area contributed by atoms with E-state index in [1.54, 1.807) is 11.3 Å². The highest BCUT2D eigenvalue weighted by atomic mass is 32.1. The van der Waals surface area contributed by atoms with Crippen LogP contribution in [0.4, 0.5) is 0 Å². The Morgan fingerprint density at radius 3 is 2.79 bits per heavy atom. The van der Waals surface area contributed by atoms with Crippen molar-refractivity contribution in [1.82, 2.24) is 10.3 Å². The molecule has 2 rings (SSSR count). The molecule has 106 valence electrons. The third kappa shape index (κ3) is 3.54. The lowest BCUT2D eigenvalue weighted by atomic mass is 9.93. The standard InChI is InChI=1S/C14H22N2O2S/c1-14(2,3)11-8-19-12(16-11)7-15-13(18)9-5-4-6-10(9)17/h8-10,17H,4-7H2,1-3H3,(H,15,18). The molecule has 0 bridgehead atoms. The Bertz CT molecular complexity index is 451. The van der Waals surface area contributed by atoms with E-state index in [-0.39, 0.29) is 17.2 Å². The zero-order valence-corrected chi connectivity index (χ0v) is 12.6. The lowest BCUT2D eigenvalue weighted by molar-refractivity contribution is -0.127. The molecule has 0 aromatic carbocycles. The van der Waals surface area contributed by atoms with Gasteiger partial charge in [-0.2, -0.15) is 0 Å². The Balaban J connectivity index is 1.88. The zero-order valence-electron chi connectivity index (χ0n) is 11.8. The van der Waals surface area contributed by atoms with E-state index in [1.165, 1.54) is 0 Å². The molecule has 0 spiro atoms. The Kier molecular flexibility index (Phi) is 4.26. The monoisotopic (exact) mass is 282 g/mol. The molecule has 1 saturated carbocycles. The van der Waals surface area contributed by atoms with Crippen molar-refractivity contribution in [3.63, 3.8) is 0 Å². The van der Waals surface area contributed by atoms with Gasteiger partial charge in [-0.1, -0.05) is 20.8 Å². The van der Waals surface area contributed by atoms with Gasteiger partial charge in [0.1, 0.15) is 5.01 Å². The summed E-state index contributed by atoms with van der Waals surface area (Å²) < 4.78 is 0. The Labute approximate surface area is 118 Å². The van der Waals surface area contributed by atoms with Crippen molar-refractivity contribution in [3.05, 3.63) is 16.1 Å². The first kappa shape index (κ1) is 14.5. The van der Waals surface area contributed by atoms with Gasteiger partial charge < -0.3 is 10.4 Å². The maximum atomic E-state index is 11.9. The van der Waals surface area contributed by atoms with Crippen molar-refractivity contribution in [2.45, 2.75) is 58.1 Å². The maximum absolute atomic E-state index is 11.9. The van der Waals surface area contributed by atoms with Gasteiger partial charge in [-0.3, -0.25) is 4.79 Å². The van der Waals surface area contributed by atoms with Gasteiger partial charge in [0.25, 0.3) is 0 Å². The van der Waals surface area contributed by atoms with E-state index in [0.29, 0.717) is 6.54 Å². The second-order valence-electron chi connectivity index (χ2n) is 6.20. The van der Waals surface area contributed by atoms with E-state index in [4.69, 9.17) is 0 Å². The van der Waals surface area contributed by atoms with Crippen LogP contribution >= 0.6 is 11.3 Å². The molecule has 2 unspecified atom stereocenters. The number of nitrogens with zero attached hydrogens (tertiary/aromatic N) is 1. The second-order valence-corrected chi connectivity index (χ2v) is 7.14. The lowest BCUT2D eigenvalue weighted by Gasteiger charge is -2.15. The molecule has 1 heterocycles. The number of hydrogen-bond donors (Lipinski definition) is 2. The van der Waals surface area contributed by atoms with E-state index in [1.807, 2.05) is 5.38 Å². The molecule has 2 N–H and O–H groups in total. The summed E-state index contributed by atoms with van der Waals surface area (Å²) in [5.74, 6) is -0.278. The van der Waals surface area contributed by atoms with E-state index >= 15 is 0 Å². The van der Waals surface area contributed by atoms with Crippen molar-refractivity contribution in [2.24, 2.45) is 5.92 Å². The van der Waals surface area contributed by atoms with Crippen molar-refractivity contribution in [3.8, 4) is 0 Å². The summed E-state index contributed by atoms with van der Waals surface area (Å²) in [5, 5.41) is 15.5. The van der Waals surface area contributed by atoms with Crippen LogP contribution in [0.3, 0.4) is 0 Å². The van der Waals surface area contributed by atoms with Crippen LogP contribution in [0.1, 0.15) is 50.7 Å². The van der Waals surface area contributed by atoms with Gasteiger partial charge in [-0.15, -0.1) is 11.3 Å². The molecule has 0 radical (unpaired) electrons. The van der Waals surface area contributed by atoms with Gasteiger partial charge in [0.15, 0.2) is 0 Å². The quantitative estimate of drug-likeness (QED) is 0.893. The fourth-order valence-corrected chi connectivity index (χ4v) is 3.24. The molecule has 0 aliphatic heterocycles. The van der Waals surface area contributed by atoms with E-state index in [0.717, 1.165) is 30.0 Å². The van der Waals surface area contributed by atoms with E-state index in [9.17, 15) is 9.90 Å². The molecule has 1 fully saturated rings. The van der Waals surface area contributed by atoms with Gasteiger partial charge >= 0.3 is 0 Å². The fraction of sp³-hybridized carbons (Fsp3) is 0.714. The average molecular weight is 282 g/mol. The number of carbonyl (C=O) groups excluding carboxylic acids is 1. The Morgan fingerprint density at radius 1 is 1.53 bits per heavy atom. The molecule has 1 aliphatic rings. The van der Waals surface area contributed by atoms with E-state index in [2.05, 4.69) is 31.1 Å². The minimum absolute atomic E-state index is 0.0421. The molecule has 1 amide bonds. The number of rotatable bonds is 3. The number of amides is 1. The van der Waals surface area contributed by atoms with Crippen LogP contribution in [-0.4, -0.2) is 22.1 Å². The molecule has 19 heavy (non-hydrogen) atoms. The summed E-state index contributed by atoms with van der Waals surface area (Å²) in [6.07, 6.45) is 1.99. The van der Waals surface area contributed by atoms with Crippen LogP contribution < -0.4 is 5.32 Å². The van der Waals surface area contributed by atoms with Gasteiger partial charge in [-0.05, 0) is 19.3 Å². The minimum atomic E-state index is -0.471. The number of aliphatic hydroxyl groups is 1. The third-order valence-corrected chi connectivity index (χ3v) is 4.40. The molecule has 1 aromatic rings. The first-order valence-electron chi connectivity index (χ1n) is 6.78. The van der Waals surface area contributed by atoms with Crippen molar-refractivity contribution >= 4 is 17.2 Å². The number of thiazole rings is 1. The molecule has 5 heteroatoms. The SMILES string of the molecule is CC(C)(C)c1csc(CNC(=O)C2CCCC2O)n1. The minimum Gasteiger partial charge on any atom is -0.392 e. The molecular weight excluding hydrogens is 260 g/mol. The highest BCUT2D eigenvalue weighted by molar-refractivity contribution is 7.09. The summed E-state index contributed by atoms with van der Waals surface area (Å²) in [4.78, 5) is 16.5. The molecular formula is C14H22N2O2S. The summed E-state index contributed by atoms with van der Waals surface area (Å²) in [7, 11) is 0. The van der Waals surface area contributed by atoms with Crippen LogP contribution in [0, 0.1) is 5.92 Å². The number of hydrogen-bond acceptors (Lipinski definition) is 4. The smallest absolute Gasteiger partial charge is 0.226 e. The largest absolute Gasteiger partial charge is 0.392 e. The molecule has 2 atom stereocenters. The van der Waals surface area contributed by atoms with Gasteiger partial charge in [-0.25, -0.2) is 4.98 Å². The van der Waals surface area contributed by atoms with Crippen LogP contribution in [0.5, 0.6) is 0 Å². The van der Waals surface area contributed by atoms with Crippen LogP contribution in [-0.2, 0) is 16.8 Å². The fourth-order valence-electron chi connectivity index (χ4n) is 2.28. The summed E-state index contributed by atoms with van der Waals surface area (Å²) in [5.41, 5.74) is 1.10. The lowest BCUT2D eigenvalue weighted by Crippen LogP contribution is -2.34. The number of carbonyl (C=O) groups is 1. The van der Waals surface area contributed by atoms with Crippen LogP contribution in [0.2, 0.25) is 0 Å². The number of aromatic nitrogens is 1. The van der Waals surface area contributed by atoms with Gasteiger partial charge in [0.05, 0.1) is 24.3 Å². The normalized spacial score (nSPS) is 23.6. The molecule has 1 aliphatic carbocycles. The molecule has 0 saturated heterocycles. The van der Waals surface area contributed by atoms with Crippen LogP contribution in [0.25, 0.3) is 0 Å². The highest BCUT2D eigenvalue weighted by Gasteiger charge is 2.31. The van der Waals surface area contributed by atoms with Gasteiger partial charge in [0, 0.05) is 10.8 Å². The van der Waals surface area contributed by atoms with Crippen molar-refractivity contribution in [1.29, 1.82) is 0 Å². The summed E-state index contributed by atoms with van der Waals surface area (Å²) in [6, 6.07) is 0. The molecule has 4 nitrogen and oxygen atoms in total. The van der Waals surface area contributed by atoms with Crippen molar-refractivity contribution in [2.75, 3.05) is 0 Å². The van der Waals surface area contributed by atoms with E-state index < -0.39 is 6.10 Å². The zero-order chi connectivity index (χ0) is 14.0. The van der Waals surface area contributed by atoms with Crippen molar-refractivity contribution < 1.29 is 9.90 Å². The first-order chi connectivity index (χ1) is 8.88. The summed E-state index contributed by atoms with van der Waals surface area (Å²) in [6.45, 7) is 6.83. The third-order valence-electron chi connectivity index (χ3n) is 3.55. The predicted octanol–water partition coefficient (Wildman–Crippen LogP) is 2.22. The Hall–Kier alpha value is -0.940. The topological polar surface area (TPSA) is 62.2 Å². The first-order valence-corrected chi connectivity index (χ1v) is 7.66. The second kappa shape index (κ2) is 5.59. The average Bonchev–Trinajstić information content (AvgIpc) is 2.93. The molecule has 1 aromatic heterocycles. The number of aliphatic hydroxyl groups excluding tert-OH is 1. The van der Waals surface area contributed by atoms with Gasteiger partial charge in [0.2, 0.25) is 5.91 Å². The predicted molar refractivity (Wildman–Crippen MR) is 76.0 cm³/mol. The summed E-state index contributed by atoms with van der Waals surface area (Å²) >= 11 is 1.57. The highest BCUT2D eigenvalue weighted by Crippen LogP contribution is 2.26. The Morgan fingerprint density at radius 2 is 2.26 bits per heavy atom.